The minimum Gasteiger partial charge on any atom is -0.353 e. The molecule has 6 heteroatoms. The number of rotatable bonds is 4. The maximum absolute atomic E-state index is 13.1. The summed E-state index contributed by atoms with van der Waals surface area (Å²) in [5.74, 6) is 0.714. The molecule has 0 spiro atoms. The third-order valence-electron chi connectivity index (χ3n) is 4.62. The molecule has 1 fully saturated rings. The van der Waals surface area contributed by atoms with Gasteiger partial charge >= 0.3 is 0 Å². The van der Waals surface area contributed by atoms with Gasteiger partial charge in [-0.3, -0.25) is 14.9 Å². The predicted octanol–water partition coefficient (Wildman–Crippen LogP) is 3.00. The second kappa shape index (κ2) is 7.58. The van der Waals surface area contributed by atoms with Crippen LogP contribution in [0.1, 0.15) is 5.56 Å². The summed E-state index contributed by atoms with van der Waals surface area (Å²) in [5.41, 5.74) is 3.16. The van der Waals surface area contributed by atoms with Crippen molar-refractivity contribution in [1.29, 1.82) is 0 Å². The normalized spacial score (nSPS) is 15.2. The van der Waals surface area contributed by atoms with Gasteiger partial charge in [-0.15, -0.1) is 0 Å². The van der Waals surface area contributed by atoms with Gasteiger partial charge < -0.3 is 4.90 Å². The molecule has 1 aliphatic heterocycles. The van der Waals surface area contributed by atoms with Crippen molar-refractivity contribution in [3.63, 3.8) is 0 Å². The number of hydrogen-bond acceptors (Lipinski definition) is 5. The molecule has 1 aromatic carbocycles. The number of halogens is 1. The van der Waals surface area contributed by atoms with Gasteiger partial charge in [-0.1, -0.05) is 12.1 Å². The number of piperazine rings is 1. The summed E-state index contributed by atoms with van der Waals surface area (Å²) in [6.45, 7) is 4.67. The molecule has 3 heterocycles. The molecular formula is C20H20FN5. The number of anilines is 1. The summed E-state index contributed by atoms with van der Waals surface area (Å²) in [6.07, 6.45) is 8.96. The fourth-order valence-electron chi connectivity index (χ4n) is 3.22. The van der Waals surface area contributed by atoms with Gasteiger partial charge in [0.05, 0.1) is 6.20 Å². The third-order valence-corrected chi connectivity index (χ3v) is 4.62. The summed E-state index contributed by atoms with van der Waals surface area (Å²) in [5, 5.41) is 0. The van der Waals surface area contributed by atoms with Crippen molar-refractivity contribution in [3.05, 3.63) is 72.7 Å². The van der Waals surface area contributed by atoms with Gasteiger partial charge in [-0.25, -0.2) is 9.37 Å². The fraction of sp³-hybridized carbons (Fsp3) is 0.250. The van der Waals surface area contributed by atoms with Crippen LogP contribution in [0.4, 0.5) is 10.2 Å². The van der Waals surface area contributed by atoms with E-state index in [0.717, 1.165) is 49.7 Å². The van der Waals surface area contributed by atoms with Crippen LogP contribution in [0.5, 0.6) is 0 Å². The average Bonchev–Trinajstić information content (AvgIpc) is 2.70. The summed E-state index contributed by atoms with van der Waals surface area (Å²) in [6, 6.07) is 8.67. The first-order chi connectivity index (χ1) is 12.8. The van der Waals surface area contributed by atoms with E-state index in [9.17, 15) is 4.39 Å². The molecule has 1 saturated heterocycles. The van der Waals surface area contributed by atoms with Crippen LogP contribution in [0.25, 0.3) is 11.1 Å². The first kappa shape index (κ1) is 16.6. The van der Waals surface area contributed by atoms with Crippen molar-refractivity contribution < 1.29 is 4.39 Å². The minimum atomic E-state index is -0.223. The molecule has 0 N–H and O–H groups in total. The Morgan fingerprint density at radius 1 is 0.846 bits per heavy atom. The van der Waals surface area contributed by atoms with Gasteiger partial charge in [0.15, 0.2) is 0 Å². The van der Waals surface area contributed by atoms with Crippen LogP contribution < -0.4 is 4.90 Å². The Bertz CT molecular complexity index is 846. The Morgan fingerprint density at radius 3 is 2.38 bits per heavy atom. The zero-order valence-corrected chi connectivity index (χ0v) is 14.4. The average molecular weight is 349 g/mol. The van der Waals surface area contributed by atoms with Crippen molar-refractivity contribution >= 4 is 5.82 Å². The Labute approximate surface area is 152 Å². The van der Waals surface area contributed by atoms with Gasteiger partial charge in [-0.05, 0) is 29.3 Å². The number of pyridine rings is 1. The van der Waals surface area contributed by atoms with Crippen LogP contribution in [0.15, 0.2) is 61.3 Å². The van der Waals surface area contributed by atoms with Gasteiger partial charge in [0.25, 0.3) is 0 Å². The van der Waals surface area contributed by atoms with E-state index in [1.54, 1.807) is 24.5 Å². The quantitative estimate of drug-likeness (QED) is 0.725. The van der Waals surface area contributed by atoms with E-state index < -0.39 is 0 Å². The monoisotopic (exact) mass is 349 g/mol. The standard InChI is InChI=1S/C20H20FN5/c21-19-3-1-17(2-4-19)18-11-16(12-23-13-18)15-25-7-9-26(10-8-25)20-14-22-5-6-24-20/h1-6,11-14H,7-10,15H2. The van der Waals surface area contributed by atoms with Crippen LogP contribution in [-0.4, -0.2) is 46.0 Å². The van der Waals surface area contributed by atoms with Crippen molar-refractivity contribution in [2.75, 3.05) is 31.1 Å². The van der Waals surface area contributed by atoms with E-state index in [1.807, 2.05) is 18.6 Å². The van der Waals surface area contributed by atoms with E-state index in [-0.39, 0.29) is 5.82 Å². The van der Waals surface area contributed by atoms with E-state index in [4.69, 9.17) is 0 Å². The van der Waals surface area contributed by atoms with Gasteiger partial charge in [0, 0.05) is 63.1 Å². The fourth-order valence-corrected chi connectivity index (χ4v) is 3.22. The number of aromatic nitrogens is 3. The van der Waals surface area contributed by atoms with E-state index >= 15 is 0 Å². The van der Waals surface area contributed by atoms with Crippen LogP contribution in [-0.2, 0) is 6.54 Å². The van der Waals surface area contributed by atoms with E-state index in [2.05, 4.69) is 30.8 Å². The van der Waals surface area contributed by atoms with Crippen molar-refractivity contribution in [2.24, 2.45) is 0 Å². The van der Waals surface area contributed by atoms with Crippen LogP contribution in [0.2, 0.25) is 0 Å². The molecule has 1 aliphatic rings. The molecule has 132 valence electrons. The molecule has 0 radical (unpaired) electrons. The molecule has 2 aromatic heterocycles. The molecule has 26 heavy (non-hydrogen) atoms. The lowest BCUT2D eigenvalue weighted by atomic mass is 10.1. The second-order valence-electron chi connectivity index (χ2n) is 6.42. The number of nitrogens with zero attached hydrogens (tertiary/aromatic N) is 5. The molecule has 0 bridgehead atoms. The number of hydrogen-bond donors (Lipinski definition) is 0. The predicted molar refractivity (Wildman–Crippen MR) is 99.2 cm³/mol. The largest absolute Gasteiger partial charge is 0.353 e. The summed E-state index contributed by atoms with van der Waals surface area (Å²) in [7, 11) is 0. The molecule has 0 atom stereocenters. The van der Waals surface area contributed by atoms with Crippen molar-refractivity contribution in [2.45, 2.75) is 6.54 Å². The van der Waals surface area contributed by atoms with Crippen LogP contribution >= 0.6 is 0 Å². The lowest BCUT2D eigenvalue weighted by Gasteiger charge is -2.35. The zero-order chi connectivity index (χ0) is 17.8. The Hall–Kier alpha value is -2.86. The molecule has 3 aromatic rings. The Balaban J connectivity index is 1.39. The molecule has 0 saturated carbocycles. The molecule has 0 unspecified atom stereocenters. The maximum atomic E-state index is 13.1. The Kier molecular flexibility index (Phi) is 4.84. The first-order valence-electron chi connectivity index (χ1n) is 8.71. The summed E-state index contributed by atoms with van der Waals surface area (Å²) in [4.78, 5) is 17.6. The van der Waals surface area contributed by atoms with Crippen LogP contribution in [0, 0.1) is 5.82 Å². The smallest absolute Gasteiger partial charge is 0.147 e. The van der Waals surface area contributed by atoms with Crippen molar-refractivity contribution in [3.8, 4) is 11.1 Å². The summed E-state index contributed by atoms with van der Waals surface area (Å²) >= 11 is 0. The lowest BCUT2D eigenvalue weighted by molar-refractivity contribution is 0.249. The van der Waals surface area contributed by atoms with E-state index in [0.29, 0.717) is 0 Å². The molecule has 0 amide bonds. The van der Waals surface area contributed by atoms with Gasteiger partial charge in [0.2, 0.25) is 0 Å². The zero-order valence-electron chi connectivity index (χ0n) is 14.4. The van der Waals surface area contributed by atoms with Gasteiger partial charge in [0.1, 0.15) is 11.6 Å². The van der Waals surface area contributed by atoms with Gasteiger partial charge in [-0.2, -0.15) is 0 Å². The highest BCUT2D eigenvalue weighted by molar-refractivity contribution is 5.62. The first-order valence-corrected chi connectivity index (χ1v) is 8.71. The maximum Gasteiger partial charge on any atom is 0.147 e. The highest BCUT2D eigenvalue weighted by Crippen LogP contribution is 2.21. The molecular weight excluding hydrogens is 329 g/mol. The van der Waals surface area contributed by atoms with E-state index in [1.165, 1.54) is 17.7 Å². The molecule has 5 nitrogen and oxygen atoms in total. The summed E-state index contributed by atoms with van der Waals surface area (Å²) < 4.78 is 13.1. The minimum absolute atomic E-state index is 0.223. The highest BCUT2D eigenvalue weighted by atomic mass is 19.1. The lowest BCUT2D eigenvalue weighted by Crippen LogP contribution is -2.46. The highest BCUT2D eigenvalue weighted by Gasteiger charge is 2.18. The van der Waals surface area contributed by atoms with Crippen molar-refractivity contribution in [1.82, 2.24) is 19.9 Å². The topological polar surface area (TPSA) is 45.2 Å². The second-order valence-corrected chi connectivity index (χ2v) is 6.42. The third kappa shape index (κ3) is 3.86. The number of benzene rings is 1. The molecule has 0 aliphatic carbocycles. The molecule has 4 rings (SSSR count). The Morgan fingerprint density at radius 2 is 1.65 bits per heavy atom. The SMILES string of the molecule is Fc1ccc(-c2cncc(CN3CCN(c4cnccn4)CC3)c2)cc1. The van der Waals surface area contributed by atoms with Crippen LogP contribution in [0.3, 0.4) is 0 Å².